The highest BCUT2D eigenvalue weighted by Crippen LogP contribution is 2.41. The highest BCUT2D eigenvalue weighted by Gasteiger charge is 2.49. The molecule has 3 fully saturated rings. The van der Waals surface area contributed by atoms with Crippen molar-refractivity contribution in [2.75, 3.05) is 71.4 Å². The summed E-state index contributed by atoms with van der Waals surface area (Å²) < 4.78 is 8.24. The summed E-state index contributed by atoms with van der Waals surface area (Å²) in [6, 6.07) is 12.8. The zero-order chi connectivity index (χ0) is 51.2. The van der Waals surface area contributed by atoms with Crippen LogP contribution in [-0.4, -0.2) is 164 Å². The second-order valence-corrected chi connectivity index (χ2v) is 21.0. The first-order valence-corrected chi connectivity index (χ1v) is 24.7. The zero-order valence-corrected chi connectivity index (χ0v) is 42.0. The van der Waals surface area contributed by atoms with Crippen molar-refractivity contribution in [2.45, 2.75) is 96.7 Å². The first-order chi connectivity index (χ1) is 33.6. The number of anilines is 1. The lowest BCUT2D eigenvalue weighted by Gasteiger charge is -2.40. The molecule has 2 aromatic carbocycles. The summed E-state index contributed by atoms with van der Waals surface area (Å²) >= 11 is 0. The number of aromatic hydroxyl groups is 1. The molecule has 3 saturated heterocycles. The summed E-state index contributed by atoms with van der Waals surface area (Å²) in [4.78, 5) is 81.8. The van der Waals surface area contributed by atoms with E-state index < -0.39 is 64.3 Å². The van der Waals surface area contributed by atoms with Gasteiger partial charge in [0.25, 0.3) is 11.8 Å². The SMILES string of the molecule is C=CC(=O)N1CCC(O)(C(=O)N(C)[C@H](C(=O)N[C@H]2Cc3cc(O)cc(c3)-c3ccc4c(c3)c(c(-c3ccc(N5CCN(C)CC5)nc3)n4CC)CC(C)(C)COC(=O)[C@@]3(O)CCCN(N3)C2=O)C(C)C)C1. The topological polar surface area (TPSA) is 213 Å². The van der Waals surface area contributed by atoms with Crippen molar-refractivity contribution in [1.29, 1.82) is 0 Å². The predicted molar refractivity (Wildman–Crippen MR) is 269 cm³/mol. The summed E-state index contributed by atoms with van der Waals surface area (Å²) in [5.74, 6) is -3.22. The lowest BCUT2D eigenvalue weighted by molar-refractivity contribution is -0.189. The Hall–Kier alpha value is -6.34. The zero-order valence-electron chi connectivity index (χ0n) is 42.0. The molecule has 4 aliphatic heterocycles. The number of hydrogen-bond acceptors (Lipinski definition) is 13. The number of likely N-dealkylation sites (N-methyl/N-ethyl adjacent to an activating group) is 2. The Labute approximate surface area is 415 Å². The number of rotatable bonds is 9. The smallest absolute Gasteiger partial charge is 0.355 e. The molecule has 5 N–H and O–H groups in total. The van der Waals surface area contributed by atoms with Crippen LogP contribution in [0.1, 0.15) is 65.0 Å². The fraction of sp³-hybridized carbons (Fsp3) is 0.509. The number of amides is 4. The Bertz CT molecular complexity index is 2710. The van der Waals surface area contributed by atoms with Crippen molar-refractivity contribution in [3.05, 3.63) is 78.5 Å². The summed E-state index contributed by atoms with van der Waals surface area (Å²) in [5.41, 5.74) is 3.67. The van der Waals surface area contributed by atoms with Crippen LogP contribution in [0.3, 0.4) is 0 Å². The van der Waals surface area contributed by atoms with Crippen LogP contribution in [0.5, 0.6) is 5.75 Å². The highest BCUT2D eigenvalue weighted by molar-refractivity contribution is 5.97. The number of pyridine rings is 1. The lowest BCUT2D eigenvalue weighted by Crippen LogP contribution is -2.67. The number of carbonyl (C=O) groups is 5. The minimum Gasteiger partial charge on any atom is -0.508 e. The van der Waals surface area contributed by atoms with Crippen molar-refractivity contribution < 1.29 is 44.0 Å². The van der Waals surface area contributed by atoms with Gasteiger partial charge in [0.2, 0.25) is 17.5 Å². The first kappa shape index (κ1) is 51.0. The number of piperazine rings is 1. The van der Waals surface area contributed by atoms with Crippen LogP contribution in [0.15, 0.2) is 67.4 Å². The number of nitrogens with zero attached hydrogens (tertiary/aromatic N) is 7. The van der Waals surface area contributed by atoms with Crippen LogP contribution in [-0.2, 0) is 48.1 Å². The Kier molecular flexibility index (Phi) is 14.4. The van der Waals surface area contributed by atoms with Crippen LogP contribution < -0.4 is 15.6 Å². The standard InChI is InChI=1S/C53H69N9O9/c1-9-44(64)60-19-17-52(69,31-60)49(67)58(8)45(33(3)4)47(65)55-41-26-34-24-37(27-38(63)25-34)35-12-14-42-39(28-35)40(29-51(5,6)32-71-50(68)53(70)16-11-18-62(56-53)48(41)66)46(61(42)10-2)36-13-15-43(54-30-36)59-22-20-57(7)21-23-59/h9,12-15,24-25,27-28,30,33,41,45,56,63,69-70H,1,10-11,16-23,26,29,31-32H2,2-8H3,(H,55,65)/t41-,45-,52?,53-/m0/s1. The quantitative estimate of drug-likeness (QED) is 0.120. The number of benzene rings is 2. The molecule has 4 aliphatic rings. The second kappa shape index (κ2) is 20.0. The van der Waals surface area contributed by atoms with Crippen LogP contribution in [0.2, 0.25) is 0 Å². The number of nitrogens with one attached hydrogen (secondary N) is 2. The molecular formula is C53H69N9O9. The number of phenolic OH excluding ortho intramolecular Hbond substituents is 1. The Balaban J connectivity index is 1.19. The highest BCUT2D eigenvalue weighted by atomic mass is 16.6. The van der Waals surface area contributed by atoms with Crippen LogP contribution in [0.25, 0.3) is 33.3 Å². The van der Waals surface area contributed by atoms with Crippen molar-refractivity contribution in [3.63, 3.8) is 0 Å². The van der Waals surface area contributed by atoms with E-state index in [0.717, 1.165) is 81.3 Å². The molecular weight excluding hydrogens is 907 g/mol. The van der Waals surface area contributed by atoms with Crippen LogP contribution in [0.4, 0.5) is 5.82 Å². The molecule has 1 unspecified atom stereocenters. The van der Waals surface area contributed by atoms with Gasteiger partial charge in [0.05, 0.1) is 18.8 Å². The minimum atomic E-state index is -2.29. The number of aryl methyl sites for hydroxylation is 1. The summed E-state index contributed by atoms with van der Waals surface area (Å²) in [5, 5.41) is 39.7. The van der Waals surface area contributed by atoms with Gasteiger partial charge in [-0.1, -0.05) is 46.4 Å². The molecule has 0 aliphatic carbocycles. The normalized spacial score (nSPS) is 23.6. The average molecular weight is 976 g/mol. The van der Waals surface area contributed by atoms with Crippen LogP contribution >= 0.6 is 0 Å². The van der Waals surface area contributed by atoms with E-state index in [-0.39, 0.29) is 57.7 Å². The molecule has 6 heterocycles. The van der Waals surface area contributed by atoms with Gasteiger partial charge in [0, 0.05) is 100 Å². The van der Waals surface area contributed by atoms with E-state index in [1.807, 2.05) is 32.2 Å². The number of ether oxygens (including phenoxy) is 1. The number of aliphatic hydroxyl groups is 2. The molecule has 4 aromatic rings. The maximum Gasteiger partial charge on any atom is 0.355 e. The molecule has 4 amide bonds. The van der Waals surface area contributed by atoms with Crippen molar-refractivity contribution in [3.8, 4) is 28.1 Å². The first-order valence-electron chi connectivity index (χ1n) is 24.7. The van der Waals surface area contributed by atoms with Gasteiger partial charge in [-0.3, -0.25) is 24.2 Å². The Morgan fingerprint density at radius 3 is 2.39 bits per heavy atom. The number of hydrazine groups is 1. The second-order valence-electron chi connectivity index (χ2n) is 21.0. The lowest BCUT2D eigenvalue weighted by atomic mass is 9.84. The fourth-order valence-corrected chi connectivity index (χ4v) is 10.7. The van der Waals surface area contributed by atoms with E-state index in [2.05, 4.69) is 69.9 Å². The molecule has 380 valence electrons. The fourth-order valence-electron chi connectivity index (χ4n) is 10.7. The number of carbonyl (C=O) groups excluding carboxylic acids is 5. The van der Waals surface area contributed by atoms with Gasteiger partial charge < -0.3 is 49.5 Å². The third kappa shape index (κ3) is 10.4. The molecule has 18 nitrogen and oxygen atoms in total. The molecule has 0 radical (unpaired) electrons. The van der Waals surface area contributed by atoms with Crippen molar-refractivity contribution >= 4 is 46.3 Å². The van der Waals surface area contributed by atoms with Gasteiger partial charge in [0.1, 0.15) is 23.7 Å². The molecule has 2 aromatic heterocycles. The number of hydrogen-bond donors (Lipinski definition) is 5. The number of β-amino-alcohol motifs (C(OH)–C–C–N with tert-alkyl or cyclic N) is 1. The molecule has 0 spiro atoms. The maximum absolute atomic E-state index is 14.8. The van der Waals surface area contributed by atoms with Crippen molar-refractivity contribution in [1.82, 2.24) is 40.0 Å². The van der Waals surface area contributed by atoms with E-state index in [4.69, 9.17) is 9.72 Å². The van der Waals surface area contributed by atoms with E-state index in [9.17, 15) is 39.3 Å². The third-order valence-electron chi connectivity index (χ3n) is 14.6. The molecule has 18 heteroatoms. The molecule has 71 heavy (non-hydrogen) atoms. The Morgan fingerprint density at radius 2 is 1.72 bits per heavy atom. The molecule has 8 rings (SSSR count). The number of cyclic esters (lactones) is 1. The van der Waals surface area contributed by atoms with E-state index in [0.29, 0.717) is 24.1 Å². The molecule has 4 atom stereocenters. The average Bonchev–Trinajstić information content (AvgIpc) is 3.89. The van der Waals surface area contributed by atoms with Crippen LogP contribution in [0, 0.1) is 11.3 Å². The Morgan fingerprint density at radius 1 is 0.986 bits per heavy atom. The number of esters is 1. The van der Waals surface area contributed by atoms with E-state index in [1.165, 1.54) is 18.0 Å². The van der Waals surface area contributed by atoms with Gasteiger partial charge in [-0.15, -0.1) is 0 Å². The van der Waals surface area contributed by atoms with E-state index >= 15 is 0 Å². The summed E-state index contributed by atoms with van der Waals surface area (Å²) in [6.45, 7) is 17.2. The number of phenols is 1. The summed E-state index contributed by atoms with van der Waals surface area (Å²) in [6.07, 6.45) is 3.47. The van der Waals surface area contributed by atoms with Gasteiger partial charge in [-0.25, -0.2) is 9.78 Å². The van der Waals surface area contributed by atoms with E-state index in [1.54, 1.807) is 19.9 Å². The number of likely N-dealkylation sites (tertiary alicyclic amines) is 1. The number of fused-ring (bicyclic) bond motifs is 6. The maximum atomic E-state index is 14.8. The van der Waals surface area contributed by atoms with Gasteiger partial charge in [-0.2, -0.15) is 5.43 Å². The minimum absolute atomic E-state index is 0.0465. The largest absolute Gasteiger partial charge is 0.508 e. The predicted octanol–water partition coefficient (Wildman–Crippen LogP) is 3.45. The summed E-state index contributed by atoms with van der Waals surface area (Å²) in [7, 11) is 3.52. The van der Waals surface area contributed by atoms with Gasteiger partial charge in [0.15, 0.2) is 5.60 Å². The molecule has 6 bridgehead atoms. The van der Waals surface area contributed by atoms with Gasteiger partial charge >= 0.3 is 5.97 Å². The van der Waals surface area contributed by atoms with Gasteiger partial charge in [-0.05, 0) is 97.5 Å². The molecule has 0 saturated carbocycles. The number of aromatic nitrogens is 2. The van der Waals surface area contributed by atoms with Crippen molar-refractivity contribution in [2.24, 2.45) is 11.3 Å². The third-order valence-corrected chi connectivity index (χ3v) is 14.6. The monoisotopic (exact) mass is 976 g/mol.